The molecule has 0 radical (unpaired) electrons. The number of carboxylic acid groups (broad SMARTS) is 1. The smallest absolute Gasteiger partial charge is 0.358 e. The molecule has 0 aliphatic heterocycles. The average molecular weight is 200 g/mol. The zero-order valence-electron chi connectivity index (χ0n) is 7.80. The summed E-state index contributed by atoms with van der Waals surface area (Å²) in [6.07, 6.45) is 1.37. The largest absolute Gasteiger partial charge is 0.476 e. The monoisotopic (exact) mass is 200 g/mol. The van der Waals surface area contributed by atoms with Gasteiger partial charge in [-0.1, -0.05) is 5.21 Å². The second kappa shape index (κ2) is 5.30. The van der Waals surface area contributed by atoms with E-state index in [1.807, 2.05) is 6.92 Å². The number of nitrogens with zero attached hydrogens (tertiary/aromatic N) is 3. The number of carbonyl (C=O) groups is 1. The summed E-state index contributed by atoms with van der Waals surface area (Å²) in [6, 6.07) is 0. The molecule has 7 nitrogen and oxygen atoms in total. The van der Waals surface area contributed by atoms with Crippen LogP contribution in [0.25, 0.3) is 0 Å². The molecule has 0 amide bonds. The first-order valence-electron chi connectivity index (χ1n) is 4.22. The summed E-state index contributed by atoms with van der Waals surface area (Å²) in [5.74, 6) is -1.07. The van der Waals surface area contributed by atoms with Crippen LogP contribution in [0.4, 0.5) is 0 Å². The van der Waals surface area contributed by atoms with E-state index in [9.17, 15) is 4.79 Å². The van der Waals surface area contributed by atoms with Crippen molar-refractivity contribution in [1.82, 2.24) is 20.5 Å². The van der Waals surface area contributed by atoms with Gasteiger partial charge in [-0.15, -0.1) is 5.10 Å². The topological polar surface area (TPSA) is 89.3 Å². The van der Waals surface area contributed by atoms with Gasteiger partial charge >= 0.3 is 5.97 Å². The summed E-state index contributed by atoms with van der Waals surface area (Å²) < 4.78 is 1.44. The van der Waals surface area contributed by atoms with Crippen molar-refractivity contribution >= 4 is 5.97 Å². The Labute approximate surface area is 80.6 Å². The third-order valence-corrected chi connectivity index (χ3v) is 1.45. The summed E-state index contributed by atoms with van der Waals surface area (Å²) in [4.78, 5) is 15.3. The van der Waals surface area contributed by atoms with Crippen LogP contribution in [-0.4, -0.2) is 39.2 Å². The molecule has 14 heavy (non-hydrogen) atoms. The Morgan fingerprint density at radius 1 is 1.79 bits per heavy atom. The molecule has 0 unspecified atom stereocenters. The van der Waals surface area contributed by atoms with E-state index in [1.165, 1.54) is 10.9 Å². The van der Waals surface area contributed by atoms with Gasteiger partial charge in [-0.05, 0) is 6.92 Å². The summed E-state index contributed by atoms with van der Waals surface area (Å²) in [5, 5.41) is 15.6. The van der Waals surface area contributed by atoms with Crippen LogP contribution < -0.4 is 5.48 Å². The van der Waals surface area contributed by atoms with Gasteiger partial charge in [0.25, 0.3) is 0 Å². The molecule has 1 rings (SSSR count). The van der Waals surface area contributed by atoms with Crippen molar-refractivity contribution in [3.05, 3.63) is 11.9 Å². The standard InChI is InChI=1S/C7H12N4O3/c1-2-14-8-3-4-11-5-6(7(12)13)9-10-11/h5,8H,2-4H2,1H3,(H,12,13). The van der Waals surface area contributed by atoms with Crippen LogP contribution >= 0.6 is 0 Å². The van der Waals surface area contributed by atoms with Crippen LogP contribution in [-0.2, 0) is 11.4 Å². The first-order chi connectivity index (χ1) is 6.74. The molecule has 1 heterocycles. The number of hydrogen-bond acceptors (Lipinski definition) is 5. The van der Waals surface area contributed by atoms with Crippen LogP contribution in [0.1, 0.15) is 17.4 Å². The second-order valence-electron chi connectivity index (χ2n) is 2.50. The molecule has 0 aliphatic rings. The van der Waals surface area contributed by atoms with Crippen LogP contribution in [0.3, 0.4) is 0 Å². The molecule has 78 valence electrons. The Morgan fingerprint density at radius 2 is 2.57 bits per heavy atom. The number of rotatable bonds is 6. The van der Waals surface area contributed by atoms with Crippen molar-refractivity contribution in [3.63, 3.8) is 0 Å². The summed E-state index contributed by atoms with van der Waals surface area (Å²) in [6.45, 7) is 3.51. The second-order valence-corrected chi connectivity index (χ2v) is 2.50. The first kappa shape index (κ1) is 10.6. The van der Waals surface area contributed by atoms with E-state index in [0.29, 0.717) is 19.7 Å². The third-order valence-electron chi connectivity index (χ3n) is 1.45. The highest BCUT2D eigenvalue weighted by Crippen LogP contribution is 1.91. The third kappa shape index (κ3) is 3.11. The van der Waals surface area contributed by atoms with Gasteiger partial charge in [0.2, 0.25) is 0 Å². The normalized spacial score (nSPS) is 10.4. The molecule has 0 aliphatic carbocycles. The maximum absolute atomic E-state index is 10.4. The zero-order chi connectivity index (χ0) is 10.4. The molecule has 7 heteroatoms. The lowest BCUT2D eigenvalue weighted by Crippen LogP contribution is -2.20. The molecule has 0 saturated heterocycles. The van der Waals surface area contributed by atoms with E-state index in [1.54, 1.807) is 0 Å². The van der Waals surface area contributed by atoms with Gasteiger partial charge in [0, 0.05) is 6.54 Å². The maximum atomic E-state index is 10.4. The van der Waals surface area contributed by atoms with Crippen molar-refractivity contribution in [2.24, 2.45) is 0 Å². The predicted molar refractivity (Wildman–Crippen MR) is 46.6 cm³/mol. The zero-order valence-corrected chi connectivity index (χ0v) is 7.80. The number of carboxylic acids is 1. The van der Waals surface area contributed by atoms with Crippen LogP contribution in [0, 0.1) is 0 Å². The molecule has 0 aromatic carbocycles. The van der Waals surface area contributed by atoms with Crippen LogP contribution in [0.2, 0.25) is 0 Å². The van der Waals surface area contributed by atoms with Gasteiger partial charge in [0.1, 0.15) is 0 Å². The van der Waals surface area contributed by atoms with Crippen molar-refractivity contribution in [1.29, 1.82) is 0 Å². The van der Waals surface area contributed by atoms with E-state index in [0.717, 1.165) is 0 Å². The number of nitrogens with one attached hydrogen (secondary N) is 1. The molecule has 2 N–H and O–H groups in total. The summed E-state index contributed by atoms with van der Waals surface area (Å²) in [5.41, 5.74) is 2.63. The molecule has 1 aromatic heterocycles. The summed E-state index contributed by atoms with van der Waals surface area (Å²) in [7, 11) is 0. The van der Waals surface area contributed by atoms with E-state index in [4.69, 9.17) is 9.94 Å². The Bertz CT molecular complexity index is 299. The van der Waals surface area contributed by atoms with E-state index < -0.39 is 5.97 Å². The number of aromatic carboxylic acids is 1. The lowest BCUT2D eigenvalue weighted by Gasteiger charge is -2.01. The van der Waals surface area contributed by atoms with Gasteiger partial charge in [-0.25, -0.2) is 10.3 Å². The Balaban J connectivity index is 2.33. The Kier molecular flexibility index (Phi) is 4.02. The molecule has 0 spiro atoms. The highest BCUT2D eigenvalue weighted by atomic mass is 16.6. The minimum Gasteiger partial charge on any atom is -0.476 e. The minimum absolute atomic E-state index is 0.0543. The van der Waals surface area contributed by atoms with E-state index >= 15 is 0 Å². The van der Waals surface area contributed by atoms with Gasteiger partial charge < -0.3 is 9.94 Å². The number of aromatic nitrogens is 3. The van der Waals surface area contributed by atoms with Gasteiger partial charge in [0.05, 0.1) is 19.3 Å². The van der Waals surface area contributed by atoms with Gasteiger partial charge in [-0.2, -0.15) is 0 Å². The molecular formula is C7H12N4O3. The van der Waals surface area contributed by atoms with Crippen molar-refractivity contribution < 1.29 is 14.7 Å². The molecule has 0 atom stereocenters. The van der Waals surface area contributed by atoms with E-state index in [-0.39, 0.29) is 5.69 Å². The molecular weight excluding hydrogens is 188 g/mol. The fourth-order valence-electron chi connectivity index (χ4n) is 0.840. The quantitative estimate of drug-likeness (QED) is 0.476. The van der Waals surface area contributed by atoms with Crippen molar-refractivity contribution in [3.8, 4) is 0 Å². The van der Waals surface area contributed by atoms with Gasteiger partial charge in [-0.3, -0.25) is 4.68 Å². The maximum Gasteiger partial charge on any atom is 0.358 e. The fraction of sp³-hybridized carbons (Fsp3) is 0.571. The predicted octanol–water partition coefficient (Wildman–Crippen LogP) is -0.483. The highest BCUT2D eigenvalue weighted by molar-refractivity contribution is 5.84. The first-order valence-corrected chi connectivity index (χ1v) is 4.22. The SMILES string of the molecule is CCONCCn1cc(C(=O)O)nn1. The molecule has 1 aromatic rings. The Hall–Kier alpha value is -1.47. The summed E-state index contributed by atoms with van der Waals surface area (Å²) >= 11 is 0. The van der Waals surface area contributed by atoms with Crippen LogP contribution in [0.15, 0.2) is 6.20 Å². The average Bonchev–Trinajstić information content (AvgIpc) is 2.61. The minimum atomic E-state index is -1.07. The highest BCUT2D eigenvalue weighted by Gasteiger charge is 2.07. The lowest BCUT2D eigenvalue weighted by atomic mass is 10.5. The molecule has 0 fully saturated rings. The lowest BCUT2D eigenvalue weighted by molar-refractivity contribution is 0.0484. The fourth-order valence-corrected chi connectivity index (χ4v) is 0.840. The number of hydrogen-bond donors (Lipinski definition) is 2. The molecule has 0 bridgehead atoms. The van der Waals surface area contributed by atoms with E-state index in [2.05, 4.69) is 15.8 Å². The molecule has 0 saturated carbocycles. The van der Waals surface area contributed by atoms with Gasteiger partial charge in [0.15, 0.2) is 5.69 Å². The van der Waals surface area contributed by atoms with Crippen LogP contribution in [0.5, 0.6) is 0 Å². The Morgan fingerprint density at radius 3 is 3.14 bits per heavy atom. The number of hydroxylamine groups is 1. The van der Waals surface area contributed by atoms with Crippen molar-refractivity contribution in [2.45, 2.75) is 13.5 Å². The van der Waals surface area contributed by atoms with Crippen molar-refractivity contribution in [2.75, 3.05) is 13.2 Å².